The Balaban J connectivity index is 1.73. The van der Waals surface area contributed by atoms with Gasteiger partial charge < -0.3 is 15.0 Å². The SMILES string of the molecule is O=C1CCNCCCN1CCN1CCOCC1. The lowest BCUT2D eigenvalue weighted by Crippen LogP contribution is -2.45. The summed E-state index contributed by atoms with van der Waals surface area (Å²) in [6.07, 6.45) is 1.71. The molecule has 5 heteroatoms. The van der Waals surface area contributed by atoms with E-state index in [1.54, 1.807) is 0 Å². The van der Waals surface area contributed by atoms with Crippen LogP contribution >= 0.6 is 0 Å². The van der Waals surface area contributed by atoms with Crippen molar-refractivity contribution in [3.63, 3.8) is 0 Å². The summed E-state index contributed by atoms with van der Waals surface area (Å²) in [4.78, 5) is 16.3. The van der Waals surface area contributed by atoms with Crippen LogP contribution in [0.3, 0.4) is 0 Å². The lowest BCUT2D eigenvalue weighted by atomic mass is 10.2. The van der Waals surface area contributed by atoms with Gasteiger partial charge in [-0.2, -0.15) is 0 Å². The molecule has 2 aliphatic heterocycles. The maximum atomic E-state index is 11.9. The fraction of sp³-hybridized carbons (Fsp3) is 0.917. The molecule has 2 heterocycles. The lowest BCUT2D eigenvalue weighted by Gasteiger charge is -2.31. The minimum absolute atomic E-state index is 0.297. The molecule has 17 heavy (non-hydrogen) atoms. The second-order valence-electron chi connectivity index (χ2n) is 4.69. The molecule has 0 aliphatic carbocycles. The Hall–Kier alpha value is -0.650. The second-order valence-corrected chi connectivity index (χ2v) is 4.69. The molecule has 2 saturated heterocycles. The van der Waals surface area contributed by atoms with Gasteiger partial charge in [0, 0.05) is 45.7 Å². The molecule has 98 valence electrons. The van der Waals surface area contributed by atoms with Gasteiger partial charge in [-0.25, -0.2) is 0 Å². The zero-order valence-corrected chi connectivity index (χ0v) is 10.5. The minimum atomic E-state index is 0.297. The van der Waals surface area contributed by atoms with Crippen LogP contribution in [-0.4, -0.2) is 74.7 Å². The quantitative estimate of drug-likeness (QED) is 0.725. The van der Waals surface area contributed by atoms with Crippen molar-refractivity contribution in [3.8, 4) is 0 Å². The van der Waals surface area contributed by atoms with Crippen molar-refractivity contribution in [2.45, 2.75) is 12.8 Å². The minimum Gasteiger partial charge on any atom is -0.379 e. The van der Waals surface area contributed by atoms with Crippen molar-refractivity contribution < 1.29 is 9.53 Å². The molecule has 2 rings (SSSR count). The van der Waals surface area contributed by atoms with Crippen LogP contribution in [-0.2, 0) is 9.53 Å². The van der Waals surface area contributed by atoms with E-state index in [0.29, 0.717) is 12.3 Å². The number of ether oxygens (including phenoxy) is 1. The van der Waals surface area contributed by atoms with E-state index >= 15 is 0 Å². The number of carbonyl (C=O) groups is 1. The first kappa shape index (κ1) is 12.8. The number of nitrogens with zero attached hydrogens (tertiary/aromatic N) is 2. The summed E-state index contributed by atoms with van der Waals surface area (Å²) in [5.74, 6) is 0.297. The zero-order chi connectivity index (χ0) is 11.9. The summed E-state index contributed by atoms with van der Waals surface area (Å²) in [5, 5.41) is 3.27. The molecule has 5 nitrogen and oxygen atoms in total. The van der Waals surface area contributed by atoms with Gasteiger partial charge in [0.2, 0.25) is 5.91 Å². The first-order valence-electron chi connectivity index (χ1n) is 6.65. The fourth-order valence-electron chi connectivity index (χ4n) is 2.32. The molecule has 1 amide bonds. The number of carbonyl (C=O) groups excluding carboxylic acids is 1. The van der Waals surface area contributed by atoms with Crippen LogP contribution in [0.15, 0.2) is 0 Å². The molecule has 2 fully saturated rings. The van der Waals surface area contributed by atoms with Crippen LogP contribution in [0, 0.1) is 0 Å². The summed E-state index contributed by atoms with van der Waals surface area (Å²) in [5.41, 5.74) is 0. The molecule has 0 radical (unpaired) electrons. The summed E-state index contributed by atoms with van der Waals surface area (Å²) < 4.78 is 5.32. The summed E-state index contributed by atoms with van der Waals surface area (Å²) in [7, 11) is 0. The molecule has 0 aromatic heterocycles. The number of morpholine rings is 1. The van der Waals surface area contributed by atoms with Crippen molar-refractivity contribution in [3.05, 3.63) is 0 Å². The van der Waals surface area contributed by atoms with Gasteiger partial charge >= 0.3 is 0 Å². The van der Waals surface area contributed by atoms with Crippen LogP contribution in [0.5, 0.6) is 0 Å². The van der Waals surface area contributed by atoms with Gasteiger partial charge in [0.25, 0.3) is 0 Å². The van der Waals surface area contributed by atoms with Gasteiger partial charge in [-0.15, -0.1) is 0 Å². The van der Waals surface area contributed by atoms with Gasteiger partial charge in [0.15, 0.2) is 0 Å². The molecular weight excluding hydrogens is 218 g/mol. The van der Waals surface area contributed by atoms with Crippen LogP contribution in [0.4, 0.5) is 0 Å². The first-order chi connectivity index (χ1) is 8.36. The second kappa shape index (κ2) is 6.93. The third-order valence-corrected chi connectivity index (χ3v) is 3.44. The average molecular weight is 241 g/mol. The Bertz CT molecular complexity index is 242. The molecule has 0 unspecified atom stereocenters. The third-order valence-electron chi connectivity index (χ3n) is 3.44. The van der Waals surface area contributed by atoms with Gasteiger partial charge in [-0.05, 0) is 13.0 Å². The maximum absolute atomic E-state index is 11.9. The number of hydrogen-bond acceptors (Lipinski definition) is 4. The van der Waals surface area contributed by atoms with Gasteiger partial charge in [-0.3, -0.25) is 9.69 Å². The van der Waals surface area contributed by atoms with Crippen molar-refractivity contribution in [1.29, 1.82) is 0 Å². The van der Waals surface area contributed by atoms with E-state index in [4.69, 9.17) is 4.74 Å². The molecular formula is C12H23N3O2. The van der Waals surface area contributed by atoms with E-state index in [0.717, 1.165) is 65.4 Å². The van der Waals surface area contributed by atoms with Gasteiger partial charge in [0.1, 0.15) is 0 Å². The Morgan fingerprint density at radius 2 is 1.94 bits per heavy atom. The largest absolute Gasteiger partial charge is 0.379 e. The van der Waals surface area contributed by atoms with Crippen molar-refractivity contribution in [1.82, 2.24) is 15.1 Å². The Kier molecular flexibility index (Phi) is 5.22. The maximum Gasteiger partial charge on any atom is 0.223 e. The average Bonchev–Trinajstić information content (AvgIpc) is 2.35. The van der Waals surface area contributed by atoms with E-state index in [2.05, 4.69) is 10.2 Å². The number of hydrogen-bond donors (Lipinski definition) is 1. The molecule has 0 aromatic carbocycles. The smallest absolute Gasteiger partial charge is 0.223 e. The van der Waals surface area contributed by atoms with Crippen molar-refractivity contribution in [2.75, 3.05) is 59.0 Å². The van der Waals surface area contributed by atoms with E-state index in [-0.39, 0.29) is 0 Å². The Morgan fingerprint density at radius 1 is 1.12 bits per heavy atom. The van der Waals surface area contributed by atoms with Gasteiger partial charge in [0.05, 0.1) is 13.2 Å². The number of rotatable bonds is 3. The van der Waals surface area contributed by atoms with E-state index in [9.17, 15) is 4.79 Å². The van der Waals surface area contributed by atoms with Crippen LogP contribution in [0.1, 0.15) is 12.8 Å². The molecule has 1 N–H and O–H groups in total. The molecule has 2 aliphatic rings. The normalized spacial score (nSPS) is 24.5. The summed E-state index contributed by atoms with van der Waals surface area (Å²) in [6.45, 7) is 8.29. The topological polar surface area (TPSA) is 44.8 Å². The molecule has 0 aromatic rings. The first-order valence-corrected chi connectivity index (χ1v) is 6.65. The number of nitrogens with one attached hydrogen (secondary N) is 1. The highest BCUT2D eigenvalue weighted by molar-refractivity contribution is 5.76. The molecule has 0 atom stereocenters. The molecule has 0 saturated carbocycles. The van der Waals surface area contributed by atoms with Crippen molar-refractivity contribution >= 4 is 5.91 Å². The van der Waals surface area contributed by atoms with E-state index in [1.807, 2.05) is 4.90 Å². The third kappa shape index (κ3) is 4.26. The van der Waals surface area contributed by atoms with Gasteiger partial charge in [-0.1, -0.05) is 0 Å². The highest BCUT2D eigenvalue weighted by Crippen LogP contribution is 2.02. The van der Waals surface area contributed by atoms with Crippen LogP contribution < -0.4 is 5.32 Å². The summed E-state index contributed by atoms with van der Waals surface area (Å²) >= 11 is 0. The van der Waals surface area contributed by atoms with Crippen LogP contribution in [0.2, 0.25) is 0 Å². The lowest BCUT2D eigenvalue weighted by molar-refractivity contribution is -0.131. The highest BCUT2D eigenvalue weighted by atomic mass is 16.5. The number of amides is 1. The molecule has 0 spiro atoms. The highest BCUT2D eigenvalue weighted by Gasteiger charge is 2.17. The van der Waals surface area contributed by atoms with Crippen LogP contribution in [0.25, 0.3) is 0 Å². The summed E-state index contributed by atoms with van der Waals surface area (Å²) in [6, 6.07) is 0. The Labute approximate surface area is 103 Å². The van der Waals surface area contributed by atoms with E-state index < -0.39 is 0 Å². The predicted molar refractivity (Wildman–Crippen MR) is 65.9 cm³/mol. The fourth-order valence-corrected chi connectivity index (χ4v) is 2.32. The zero-order valence-electron chi connectivity index (χ0n) is 10.5. The van der Waals surface area contributed by atoms with Crippen molar-refractivity contribution in [2.24, 2.45) is 0 Å². The molecule has 0 bridgehead atoms. The standard InChI is InChI=1S/C12H23N3O2/c16-12-2-4-13-3-1-5-15(12)7-6-14-8-10-17-11-9-14/h13H,1-11H2. The monoisotopic (exact) mass is 241 g/mol. The van der Waals surface area contributed by atoms with E-state index in [1.165, 1.54) is 0 Å². The Morgan fingerprint density at radius 3 is 2.76 bits per heavy atom. The predicted octanol–water partition coefficient (Wildman–Crippen LogP) is -0.469.